The Bertz CT molecular complexity index is 847. The van der Waals surface area contributed by atoms with Crippen LogP contribution >= 0.6 is 11.8 Å². The molecule has 0 aromatic heterocycles. The van der Waals surface area contributed by atoms with E-state index in [1.165, 1.54) is 6.08 Å². The molecule has 6 heteroatoms. The van der Waals surface area contributed by atoms with Crippen LogP contribution in [-0.2, 0) is 14.3 Å². The Kier molecular flexibility index (Phi) is 7.01. The zero-order valence-electron chi connectivity index (χ0n) is 14.5. The van der Waals surface area contributed by atoms with Crippen LogP contribution in [0.1, 0.15) is 16.7 Å². The number of anilines is 1. The second kappa shape index (κ2) is 9.44. The van der Waals surface area contributed by atoms with Gasteiger partial charge in [0.05, 0.1) is 0 Å². The van der Waals surface area contributed by atoms with Crippen molar-refractivity contribution in [1.82, 2.24) is 0 Å². The Balaban J connectivity index is 1.90. The van der Waals surface area contributed by atoms with E-state index in [0.29, 0.717) is 5.69 Å². The van der Waals surface area contributed by atoms with E-state index >= 15 is 0 Å². The molecule has 2 rings (SSSR count). The van der Waals surface area contributed by atoms with Crippen LogP contribution < -0.4 is 5.32 Å². The summed E-state index contributed by atoms with van der Waals surface area (Å²) in [5, 5.41) is 13.5. The van der Waals surface area contributed by atoms with Gasteiger partial charge in [-0.2, -0.15) is 5.26 Å². The number of carbonyl (C=O) groups is 2. The van der Waals surface area contributed by atoms with Gasteiger partial charge in [0, 0.05) is 16.7 Å². The summed E-state index contributed by atoms with van der Waals surface area (Å²) in [6.07, 6.45) is 2.91. The van der Waals surface area contributed by atoms with Gasteiger partial charge in [-0.1, -0.05) is 30.3 Å². The van der Waals surface area contributed by atoms with Crippen LogP contribution in [0.25, 0.3) is 6.08 Å². The van der Waals surface area contributed by atoms with Gasteiger partial charge in [0.1, 0.15) is 5.40 Å². The molecule has 0 fully saturated rings. The van der Waals surface area contributed by atoms with E-state index in [1.54, 1.807) is 6.08 Å². The fourth-order valence-electron chi connectivity index (χ4n) is 2.32. The lowest BCUT2D eigenvalue weighted by Crippen LogP contribution is -2.21. The van der Waals surface area contributed by atoms with Gasteiger partial charge >= 0.3 is 5.97 Å². The SMILES string of the molecule is Cc1cc(SC#N)cc(C)c1NC(=O)COC(=O)/C=C/c1ccccc1. The summed E-state index contributed by atoms with van der Waals surface area (Å²) in [4.78, 5) is 24.6. The normalized spacial score (nSPS) is 10.3. The molecule has 0 spiro atoms. The molecular weight excluding hydrogens is 348 g/mol. The lowest BCUT2D eigenvalue weighted by atomic mass is 10.1. The molecule has 132 valence electrons. The Morgan fingerprint density at radius 1 is 1.19 bits per heavy atom. The molecule has 0 unspecified atom stereocenters. The first-order chi connectivity index (χ1) is 12.5. The second-order valence-corrected chi connectivity index (χ2v) is 6.38. The Morgan fingerprint density at radius 3 is 2.46 bits per heavy atom. The molecule has 0 bridgehead atoms. The van der Waals surface area contributed by atoms with Crippen molar-refractivity contribution in [3.8, 4) is 5.40 Å². The maximum Gasteiger partial charge on any atom is 0.331 e. The third kappa shape index (κ3) is 5.80. The molecule has 1 amide bonds. The zero-order chi connectivity index (χ0) is 18.9. The number of nitrogens with one attached hydrogen (secondary N) is 1. The van der Waals surface area contributed by atoms with E-state index in [9.17, 15) is 9.59 Å². The Hall–Kier alpha value is -3.04. The van der Waals surface area contributed by atoms with E-state index in [0.717, 1.165) is 33.3 Å². The first kappa shape index (κ1) is 19.3. The number of hydrogen-bond donors (Lipinski definition) is 1. The summed E-state index contributed by atoms with van der Waals surface area (Å²) in [7, 11) is 0. The van der Waals surface area contributed by atoms with E-state index in [2.05, 4.69) is 5.32 Å². The minimum atomic E-state index is -0.585. The number of amides is 1. The van der Waals surface area contributed by atoms with Crippen molar-refractivity contribution in [2.45, 2.75) is 18.7 Å². The number of nitrogens with zero attached hydrogens (tertiary/aromatic N) is 1. The molecule has 2 aromatic carbocycles. The van der Waals surface area contributed by atoms with Gasteiger partial charge in [0.2, 0.25) is 0 Å². The molecule has 1 N–H and O–H groups in total. The Labute approximate surface area is 156 Å². The molecule has 0 saturated carbocycles. The van der Waals surface area contributed by atoms with Crippen LogP contribution in [0.2, 0.25) is 0 Å². The van der Waals surface area contributed by atoms with Gasteiger partial charge in [-0.3, -0.25) is 4.79 Å². The second-order valence-electron chi connectivity index (χ2n) is 5.53. The van der Waals surface area contributed by atoms with Crippen LogP contribution in [0.5, 0.6) is 0 Å². The number of thiocyanates is 1. The van der Waals surface area contributed by atoms with Gasteiger partial charge in [0.15, 0.2) is 6.61 Å². The fourth-order valence-corrected chi connectivity index (χ4v) is 2.90. The molecule has 0 aliphatic heterocycles. The minimum absolute atomic E-state index is 0.370. The van der Waals surface area contributed by atoms with Crippen molar-refractivity contribution < 1.29 is 14.3 Å². The zero-order valence-corrected chi connectivity index (χ0v) is 15.3. The van der Waals surface area contributed by atoms with Crippen LogP contribution in [0.4, 0.5) is 5.69 Å². The number of carbonyl (C=O) groups excluding carboxylic acids is 2. The van der Waals surface area contributed by atoms with Crippen molar-refractivity contribution in [2.75, 3.05) is 11.9 Å². The number of hydrogen-bond acceptors (Lipinski definition) is 5. The molecule has 2 aromatic rings. The quantitative estimate of drug-likeness (QED) is 0.361. The first-order valence-electron chi connectivity index (χ1n) is 7.86. The molecule has 0 aliphatic rings. The standard InChI is InChI=1S/C20H18N2O3S/c1-14-10-17(26-13-21)11-15(2)20(14)22-18(23)12-25-19(24)9-8-16-6-4-3-5-7-16/h3-11H,12H2,1-2H3,(H,22,23)/b9-8+. The average molecular weight is 366 g/mol. The van der Waals surface area contributed by atoms with E-state index in [-0.39, 0.29) is 6.61 Å². The summed E-state index contributed by atoms with van der Waals surface area (Å²) >= 11 is 1.06. The molecule has 0 aliphatic carbocycles. The topological polar surface area (TPSA) is 79.2 Å². The predicted molar refractivity (Wildman–Crippen MR) is 102 cm³/mol. The van der Waals surface area contributed by atoms with Crippen molar-refractivity contribution in [3.63, 3.8) is 0 Å². The lowest BCUT2D eigenvalue weighted by Gasteiger charge is -2.12. The molecule has 0 heterocycles. The average Bonchev–Trinajstić information content (AvgIpc) is 2.62. The highest BCUT2D eigenvalue weighted by Gasteiger charge is 2.11. The van der Waals surface area contributed by atoms with Crippen LogP contribution in [0.15, 0.2) is 53.4 Å². The number of thioether (sulfide) groups is 1. The maximum atomic E-state index is 12.0. The third-order valence-electron chi connectivity index (χ3n) is 3.49. The predicted octanol–water partition coefficient (Wildman–Crippen LogP) is 4.07. The van der Waals surface area contributed by atoms with Crippen LogP contribution in [0, 0.1) is 24.5 Å². The monoisotopic (exact) mass is 366 g/mol. The van der Waals surface area contributed by atoms with Gasteiger partial charge in [0.25, 0.3) is 5.91 Å². The van der Waals surface area contributed by atoms with Gasteiger partial charge in [-0.15, -0.1) is 0 Å². The lowest BCUT2D eigenvalue weighted by molar-refractivity contribution is -0.142. The van der Waals surface area contributed by atoms with Crippen molar-refractivity contribution in [2.24, 2.45) is 0 Å². The Morgan fingerprint density at radius 2 is 1.85 bits per heavy atom. The molecule has 5 nitrogen and oxygen atoms in total. The summed E-state index contributed by atoms with van der Waals surface area (Å²) in [6.45, 7) is 3.32. The van der Waals surface area contributed by atoms with Crippen molar-refractivity contribution in [1.29, 1.82) is 5.26 Å². The largest absolute Gasteiger partial charge is 0.452 e. The highest BCUT2D eigenvalue weighted by molar-refractivity contribution is 8.03. The number of rotatable bonds is 6. The summed E-state index contributed by atoms with van der Waals surface area (Å²) < 4.78 is 4.95. The molecular formula is C20H18N2O3S. The highest BCUT2D eigenvalue weighted by atomic mass is 32.2. The molecule has 0 radical (unpaired) electrons. The molecule has 0 saturated heterocycles. The van der Waals surface area contributed by atoms with Gasteiger partial charge < -0.3 is 10.1 Å². The van der Waals surface area contributed by atoms with Gasteiger partial charge in [-0.25, -0.2) is 4.79 Å². The minimum Gasteiger partial charge on any atom is -0.452 e. The fraction of sp³-hybridized carbons (Fsp3) is 0.150. The molecule has 26 heavy (non-hydrogen) atoms. The van der Waals surface area contributed by atoms with Gasteiger partial charge in [-0.05, 0) is 60.5 Å². The number of nitriles is 1. The summed E-state index contributed by atoms with van der Waals surface area (Å²) in [6, 6.07) is 13.0. The van der Waals surface area contributed by atoms with Crippen molar-refractivity contribution in [3.05, 3.63) is 65.2 Å². The van der Waals surface area contributed by atoms with Crippen LogP contribution in [0.3, 0.4) is 0 Å². The smallest absolute Gasteiger partial charge is 0.331 e. The molecule has 0 atom stereocenters. The van der Waals surface area contributed by atoms with E-state index in [1.807, 2.05) is 61.7 Å². The maximum absolute atomic E-state index is 12.0. The van der Waals surface area contributed by atoms with E-state index < -0.39 is 11.9 Å². The third-order valence-corrected chi connectivity index (χ3v) is 4.05. The summed E-state index contributed by atoms with van der Waals surface area (Å²) in [5.74, 6) is -1.00. The number of esters is 1. The highest BCUT2D eigenvalue weighted by Crippen LogP contribution is 2.27. The van der Waals surface area contributed by atoms with Crippen LogP contribution in [-0.4, -0.2) is 18.5 Å². The van der Waals surface area contributed by atoms with Crippen molar-refractivity contribution >= 4 is 35.4 Å². The first-order valence-corrected chi connectivity index (χ1v) is 8.68. The number of ether oxygens (including phenoxy) is 1. The van der Waals surface area contributed by atoms with E-state index in [4.69, 9.17) is 10.00 Å². The summed E-state index contributed by atoms with van der Waals surface area (Å²) in [5.41, 5.74) is 3.21. The number of benzene rings is 2. The number of aryl methyl sites for hydroxylation is 2.